The Morgan fingerprint density at radius 2 is 2.00 bits per heavy atom. The van der Waals surface area contributed by atoms with Crippen molar-refractivity contribution in [2.45, 2.75) is 12.7 Å². The molecule has 0 aliphatic carbocycles. The van der Waals surface area contributed by atoms with Crippen LogP contribution in [0, 0.1) is 5.82 Å². The first-order valence-electron chi connectivity index (χ1n) is 6.43. The maximum absolute atomic E-state index is 13.3. The SMILES string of the molecule is COC(CNCC(=O)NCCc1ccccc1F)OC. The zero-order valence-electron chi connectivity index (χ0n) is 11.8. The van der Waals surface area contributed by atoms with E-state index < -0.39 is 0 Å². The van der Waals surface area contributed by atoms with Crippen LogP contribution >= 0.6 is 0 Å². The van der Waals surface area contributed by atoms with Gasteiger partial charge in [0.2, 0.25) is 5.91 Å². The first-order chi connectivity index (χ1) is 9.67. The lowest BCUT2D eigenvalue weighted by Crippen LogP contribution is -2.38. The van der Waals surface area contributed by atoms with Crippen LogP contribution < -0.4 is 10.6 Å². The monoisotopic (exact) mass is 284 g/mol. The summed E-state index contributed by atoms with van der Waals surface area (Å²) in [7, 11) is 3.06. The molecule has 0 saturated carbocycles. The van der Waals surface area contributed by atoms with Crippen molar-refractivity contribution >= 4 is 5.91 Å². The van der Waals surface area contributed by atoms with E-state index in [-0.39, 0.29) is 24.6 Å². The van der Waals surface area contributed by atoms with E-state index in [1.807, 2.05) is 0 Å². The molecule has 0 aliphatic heterocycles. The van der Waals surface area contributed by atoms with Crippen LogP contribution in [0.1, 0.15) is 5.56 Å². The number of methoxy groups -OCH3 is 2. The van der Waals surface area contributed by atoms with Crippen LogP contribution in [0.2, 0.25) is 0 Å². The number of hydrogen-bond donors (Lipinski definition) is 2. The lowest BCUT2D eigenvalue weighted by atomic mass is 10.1. The molecule has 1 aromatic rings. The topological polar surface area (TPSA) is 59.6 Å². The fraction of sp³-hybridized carbons (Fsp3) is 0.500. The zero-order valence-corrected chi connectivity index (χ0v) is 11.8. The zero-order chi connectivity index (χ0) is 14.8. The Kier molecular flexibility index (Phi) is 7.79. The summed E-state index contributed by atoms with van der Waals surface area (Å²) in [6, 6.07) is 6.54. The molecule has 0 fully saturated rings. The van der Waals surface area contributed by atoms with Crippen molar-refractivity contribution in [2.24, 2.45) is 0 Å². The Bertz CT molecular complexity index is 411. The lowest BCUT2D eigenvalue weighted by molar-refractivity contribution is -0.121. The summed E-state index contributed by atoms with van der Waals surface area (Å²) < 4.78 is 23.3. The predicted octanol–water partition coefficient (Wildman–Crippen LogP) is 0.693. The largest absolute Gasteiger partial charge is 0.355 e. The molecule has 0 bridgehead atoms. The summed E-state index contributed by atoms with van der Waals surface area (Å²) >= 11 is 0. The highest BCUT2D eigenvalue weighted by Crippen LogP contribution is 2.05. The van der Waals surface area contributed by atoms with Crippen LogP contribution in [0.15, 0.2) is 24.3 Å². The van der Waals surface area contributed by atoms with Gasteiger partial charge in [-0.05, 0) is 18.1 Å². The molecule has 0 atom stereocenters. The highest BCUT2D eigenvalue weighted by Gasteiger charge is 2.06. The van der Waals surface area contributed by atoms with E-state index in [0.717, 1.165) is 0 Å². The minimum absolute atomic E-state index is 0.146. The van der Waals surface area contributed by atoms with Gasteiger partial charge < -0.3 is 20.1 Å². The van der Waals surface area contributed by atoms with Crippen LogP contribution in [0.25, 0.3) is 0 Å². The van der Waals surface area contributed by atoms with Crippen LogP contribution in [-0.2, 0) is 20.7 Å². The van der Waals surface area contributed by atoms with Crippen molar-refractivity contribution in [3.63, 3.8) is 0 Å². The molecular formula is C14H21FN2O3. The molecular weight excluding hydrogens is 263 g/mol. The van der Waals surface area contributed by atoms with Gasteiger partial charge in [0, 0.05) is 27.3 Å². The highest BCUT2D eigenvalue weighted by molar-refractivity contribution is 5.77. The van der Waals surface area contributed by atoms with E-state index >= 15 is 0 Å². The number of carbonyl (C=O) groups is 1. The van der Waals surface area contributed by atoms with E-state index in [1.54, 1.807) is 18.2 Å². The molecule has 0 aromatic heterocycles. The van der Waals surface area contributed by atoms with Gasteiger partial charge in [0.05, 0.1) is 6.54 Å². The van der Waals surface area contributed by atoms with Gasteiger partial charge in [0.1, 0.15) is 5.82 Å². The minimum Gasteiger partial charge on any atom is -0.355 e. The van der Waals surface area contributed by atoms with Gasteiger partial charge in [-0.15, -0.1) is 0 Å². The Labute approximate surface area is 118 Å². The second-order valence-electron chi connectivity index (χ2n) is 4.22. The molecule has 1 aromatic carbocycles. The van der Waals surface area contributed by atoms with Crippen LogP contribution in [0.3, 0.4) is 0 Å². The first-order valence-corrected chi connectivity index (χ1v) is 6.43. The summed E-state index contributed by atoms with van der Waals surface area (Å²) in [5.74, 6) is -0.393. The standard InChI is InChI=1S/C14H21FN2O3/c1-19-14(20-2)10-16-9-13(18)17-8-7-11-5-3-4-6-12(11)15/h3-6,14,16H,7-10H2,1-2H3,(H,17,18). The average Bonchev–Trinajstić information content (AvgIpc) is 2.46. The van der Waals surface area contributed by atoms with Gasteiger partial charge in [-0.25, -0.2) is 4.39 Å². The average molecular weight is 284 g/mol. The van der Waals surface area contributed by atoms with Crippen LogP contribution in [0.5, 0.6) is 0 Å². The van der Waals surface area contributed by atoms with Crippen molar-refractivity contribution in [1.82, 2.24) is 10.6 Å². The Hall–Kier alpha value is -1.50. The molecule has 0 heterocycles. The molecule has 1 rings (SSSR count). The quantitative estimate of drug-likeness (QED) is 0.655. The van der Waals surface area contributed by atoms with E-state index in [2.05, 4.69) is 10.6 Å². The van der Waals surface area contributed by atoms with Crippen LogP contribution in [-0.4, -0.2) is 46.1 Å². The smallest absolute Gasteiger partial charge is 0.233 e. The maximum Gasteiger partial charge on any atom is 0.233 e. The Morgan fingerprint density at radius 1 is 1.30 bits per heavy atom. The molecule has 112 valence electrons. The third kappa shape index (κ3) is 6.10. The number of nitrogens with one attached hydrogen (secondary N) is 2. The Balaban J connectivity index is 2.16. The van der Waals surface area contributed by atoms with E-state index in [0.29, 0.717) is 25.1 Å². The maximum atomic E-state index is 13.3. The normalized spacial score (nSPS) is 10.8. The molecule has 0 unspecified atom stereocenters. The summed E-state index contributed by atoms with van der Waals surface area (Å²) in [6.45, 7) is 0.994. The summed E-state index contributed by atoms with van der Waals surface area (Å²) in [5, 5.41) is 5.63. The van der Waals surface area contributed by atoms with Crippen molar-refractivity contribution in [1.29, 1.82) is 0 Å². The number of carbonyl (C=O) groups excluding carboxylic acids is 1. The second kappa shape index (κ2) is 9.41. The van der Waals surface area contributed by atoms with Crippen molar-refractivity contribution in [3.8, 4) is 0 Å². The highest BCUT2D eigenvalue weighted by atomic mass is 19.1. The molecule has 6 heteroatoms. The molecule has 2 N–H and O–H groups in total. The molecule has 0 saturated heterocycles. The number of rotatable bonds is 9. The molecule has 5 nitrogen and oxygen atoms in total. The van der Waals surface area contributed by atoms with Gasteiger partial charge in [0.25, 0.3) is 0 Å². The van der Waals surface area contributed by atoms with Gasteiger partial charge in [0.15, 0.2) is 6.29 Å². The van der Waals surface area contributed by atoms with Gasteiger partial charge in [-0.2, -0.15) is 0 Å². The van der Waals surface area contributed by atoms with E-state index in [1.165, 1.54) is 20.3 Å². The fourth-order valence-corrected chi connectivity index (χ4v) is 1.67. The van der Waals surface area contributed by atoms with Crippen molar-refractivity contribution < 1.29 is 18.7 Å². The third-order valence-electron chi connectivity index (χ3n) is 2.80. The van der Waals surface area contributed by atoms with Crippen LogP contribution in [0.4, 0.5) is 4.39 Å². The third-order valence-corrected chi connectivity index (χ3v) is 2.80. The van der Waals surface area contributed by atoms with Gasteiger partial charge in [-0.3, -0.25) is 4.79 Å². The summed E-state index contributed by atoms with van der Waals surface area (Å²) in [4.78, 5) is 11.5. The van der Waals surface area contributed by atoms with E-state index in [4.69, 9.17) is 9.47 Å². The summed E-state index contributed by atoms with van der Waals surface area (Å²) in [6.07, 6.45) is 0.0955. The lowest BCUT2D eigenvalue weighted by Gasteiger charge is -2.13. The number of benzene rings is 1. The van der Waals surface area contributed by atoms with Gasteiger partial charge in [-0.1, -0.05) is 18.2 Å². The Morgan fingerprint density at radius 3 is 2.65 bits per heavy atom. The van der Waals surface area contributed by atoms with E-state index in [9.17, 15) is 9.18 Å². The van der Waals surface area contributed by atoms with Crippen molar-refractivity contribution in [3.05, 3.63) is 35.6 Å². The van der Waals surface area contributed by atoms with Gasteiger partial charge >= 0.3 is 0 Å². The minimum atomic E-state index is -0.374. The molecule has 0 spiro atoms. The fourth-order valence-electron chi connectivity index (χ4n) is 1.67. The predicted molar refractivity (Wildman–Crippen MR) is 73.8 cm³/mol. The number of ether oxygens (including phenoxy) is 2. The van der Waals surface area contributed by atoms with Crippen molar-refractivity contribution in [2.75, 3.05) is 33.9 Å². The molecule has 20 heavy (non-hydrogen) atoms. The number of halogens is 1. The second-order valence-corrected chi connectivity index (χ2v) is 4.22. The molecule has 1 amide bonds. The molecule has 0 aliphatic rings. The summed E-state index contributed by atoms with van der Waals surface area (Å²) in [5.41, 5.74) is 0.597. The number of hydrogen-bond acceptors (Lipinski definition) is 4. The molecule has 0 radical (unpaired) electrons. The number of amides is 1. The first kappa shape index (κ1) is 16.6.